The maximum absolute atomic E-state index is 9.89. The fourth-order valence-electron chi connectivity index (χ4n) is 1.66. The molecule has 1 unspecified atom stereocenters. The van der Waals surface area contributed by atoms with Crippen LogP contribution >= 0.6 is 0 Å². The molecule has 0 heterocycles. The van der Waals surface area contributed by atoms with Gasteiger partial charge in [0.1, 0.15) is 0 Å². The second-order valence-corrected chi connectivity index (χ2v) is 3.41. The predicted molar refractivity (Wildman–Crippen MR) is 48.4 cm³/mol. The molecule has 0 saturated carbocycles. The molecule has 0 radical (unpaired) electrons. The lowest BCUT2D eigenvalue weighted by molar-refractivity contribution is -0.00987. The van der Waals surface area contributed by atoms with Gasteiger partial charge in [-0.25, -0.2) is 0 Å². The second-order valence-electron chi connectivity index (χ2n) is 3.41. The lowest BCUT2D eigenvalue weighted by Gasteiger charge is -2.31. The van der Waals surface area contributed by atoms with Crippen LogP contribution in [0.3, 0.4) is 0 Å². The van der Waals surface area contributed by atoms with Crippen LogP contribution in [-0.4, -0.2) is 17.3 Å². The van der Waals surface area contributed by atoms with Gasteiger partial charge in [0.25, 0.3) is 0 Å². The number of rotatable bonds is 5. The van der Waals surface area contributed by atoms with Gasteiger partial charge < -0.3 is 10.8 Å². The summed E-state index contributed by atoms with van der Waals surface area (Å²) in [5.74, 6) is 0.394. The van der Waals surface area contributed by atoms with Gasteiger partial charge in [-0.15, -0.1) is 0 Å². The minimum atomic E-state index is -0.557. The molecule has 0 aromatic heterocycles. The van der Waals surface area contributed by atoms with Gasteiger partial charge in [-0.1, -0.05) is 26.7 Å². The van der Waals surface area contributed by atoms with Crippen molar-refractivity contribution < 1.29 is 5.11 Å². The minimum absolute atomic E-state index is 0.394. The summed E-state index contributed by atoms with van der Waals surface area (Å²) >= 11 is 0. The van der Waals surface area contributed by atoms with E-state index in [1.54, 1.807) is 0 Å². The van der Waals surface area contributed by atoms with E-state index in [0.717, 1.165) is 12.8 Å². The van der Waals surface area contributed by atoms with Crippen LogP contribution in [0.25, 0.3) is 0 Å². The van der Waals surface area contributed by atoms with Crippen molar-refractivity contribution in [1.29, 1.82) is 0 Å². The molecule has 0 fully saturated rings. The summed E-state index contributed by atoms with van der Waals surface area (Å²) in [6.45, 7) is 6.68. The smallest absolute Gasteiger partial charge is 0.0659 e. The van der Waals surface area contributed by atoms with Gasteiger partial charge in [0.2, 0.25) is 0 Å². The Kier molecular flexibility index (Phi) is 4.69. The molecular weight excluding hydrogens is 138 g/mol. The molecule has 3 N–H and O–H groups in total. The Morgan fingerprint density at radius 3 is 2.09 bits per heavy atom. The second kappa shape index (κ2) is 4.73. The van der Waals surface area contributed by atoms with E-state index in [1.165, 1.54) is 0 Å². The van der Waals surface area contributed by atoms with Crippen LogP contribution in [0.1, 0.15) is 40.0 Å². The van der Waals surface area contributed by atoms with Crippen molar-refractivity contribution in [2.45, 2.75) is 45.6 Å². The molecule has 0 aliphatic carbocycles. The summed E-state index contributed by atoms with van der Waals surface area (Å²) in [7, 11) is 0. The maximum Gasteiger partial charge on any atom is 0.0659 e. The van der Waals surface area contributed by atoms with Crippen molar-refractivity contribution in [3.8, 4) is 0 Å². The summed E-state index contributed by atoms with van der Waals surface area (Å²) in [6, 6.07) is 0. The van der Waals surface area contributed by atoms with Crippen LogP contribution in [0.4, 0.5) is 0 Å². The third kappa shape index (κ3) is 3.21. The third-order valence-electron chi connectivity index (χ3n) is 2.52. The SMILES string of the molecule is CCC(CC)C(C)(O)CCN. The molecule has 0 amide bonds. The summed E-state index contributed by atoms with van der Waals surface area (Å²) in [4.78, 5) is 0. The molecule has 0 saturated heterocycles. The van der Waals surface area contributed by atoms with Crippen molar-refractivity contribution in [3.05, 3.63) is 0 Å². The Morgan fingerprint density at radius 1 is 1.36 bits per heavy atom. The van der Waals surface area contributed by atoms with Gasteiger partial charge >= 0.3 is 0 Å². The Balaban J connectivity index is 4.00. The molecule has 0 aromatic rings. The van der Waals surface area contributed by atoms with Crippen molar-refractivity contribution in [3.63, 3.8) is 0 Å². The molecule has 0 aliphatic heterocycles. The molecule has 0 rings (SSSR count). The highest BCUT2D eigenvalue weighted by molar-refractivity contribution is 4.80. The van der Waals surface area contributed by atoms with Gasteiger partial charge in [-0.2, -0.15) is 0 Å². The van der Waals surface area contributed by atoms with E-state index in [2.05, 4.69) is 13.8 Å². The molecule has 2 nitrogen and oxygen atoms in total. The monoisotopic (exact) mass is 159 g/mol. The van der Waals surface area contributed by atoms with E-state index >= 15 is 0 Å². The van der Waals surface area contributed by atoms with E-state index in [9.17, 15) is 5.11 Å². The van der Waals surface area contributed by atoms with E-state index in [1.807, 2.05) is 6.92 Å². The fourth-order valence-corrected chi connectivity index (χ4v) is 1.66. The van der Waals surface area contributed by atoms with Gasteiger partial charge in [-0.3, -0.25) is 0 Å². The van der Waals surface area contributed by atoms with Crippen LogP contribution < -0.4 is 5.73 Å². The van der Waals surface area contributed by atoms with E-state index < -0.39 is 5.60 Å². The third-order valence-corrected chi connectivity index (χ3v) is 2.52. The predicted octanol–water partition coefficient (Wildman–Crippen LogP) is 1.52. The molecule has 11 heavy (non-hydrogen) atoms. The van der Waals surface area contributed by atoms with Crippen molar-refractivity contribution >= 4 is 0 Å². The first-order chi connectivity index (χ1) is 5.08. The largest absolute Gasteiger partial charge is 0.390 e. The Hall–Kier alpha value is -0.0800. The molecule has 0 spiro atoms. The van der Waals surface area contributed by atoms with Gasteiger partial charge in [0.15, 0.2) is 0 Å². The van der Waals surface area contributed by atoms with E-state index in [-0.39, 0.29) is 0 Å². The number of hydrogen-bond acceptors (Lipinski definition) is 2. The maximum atomic E-state index is 9.89. The Bertz CT molecular complexity index is 97.7. The lowest BCUT2D eigenvalue weighted by Crippen LogP contribution is -2.36. The first kappa shape index (κ1) is 10.9. The lowest BCUT2D eigenvalue weighted by atomic mass is 9.83. The first-order valence-corrected chi connectivity index (χ1v) is 4.50. The van der Waals surface area contributed by atoms with Crippen LogP contribution in [-0.2, 0) is 0 Å². The number of nitrogens with two attached hydrogens (primary N) is 1. The van der Waals surface area contributed by atoms with Crippen LogP contribution in [0.5, 0.6) is 0 Å². The zero-order valence-corrected chi connectivity index (χ0v) is 7.93. The zero-order chi connectivity index (χ0) is 8.91. The molecule has 0 aliphatic rings. The van der Waals surface area contributed by atoms with E-state index in [4.69, 9.17) is 5.73 Å². The summed E-state index contributed by atoms with van der Waals surface area (Å²) < 4.78 is 0. The highest BCUT2D eigenvalue weighted by Crippen LogP contribution is 2.26. The van der Waals surface area contributed by atoms with Crippen molar-refractivity contribution in [2.75, 3.05) is 6.54 Å². The summed E-state index contributed by atoms with van der Waals surface area (Å²) in [5.41, 5.74) is 4.84. The molecule has 2 heteroatoms. The Labute approximate surface area is 69.8 Å². The van der Waals surface area contributed by atoms with Crippen LogP contribution in [0, 0.1) is 5.92 Å². The minimum Gasteiger partial charge on any atom is -0.390 e. The fraction of sp³-hybridized carbons (Fsp3) is 1.00. The molecule has 1 atom stereocenters. The van der Waals surface area contributed by atoms with Gasteiger partial charge in [0.05, 0.1) is 5.60 Å². The Morgan fingerprint density at radius 2 is 1.82 bits per heavy atom. The highest BCUT2D eigenvalue weighted by atomic mass is 16.3. The zero-order valence-electron chi connectivity index (χ0n) is 7.93. The molecular formula is C9H21NO. The van der Waals surface area contributed by atoms with Gasteiger partial charge in [0, 0.05) is 0 Å². The average molecular weight is 159 g/mol. The summed E-state index contributed by atoms with van der Waals surface area (Å²) in [6.07, 6.45) is 2.77. The van der Waals surface area contributed by atoms with Crippen LogP contribution in [0.2, 0.25) is 0 Å². The summed E-state index contributed by atoms with van der Waals surface area (Å²) in [5, 5.41) is 9.89. The normalized spacial score (nSPS) is 16.9. The number of aliphatic hydroxyl groups is 1. The van der Waals surface area contributed by atoms with Crippen molar-refractivity contribution in [1.82, 2.24) is 0 Å². The van der Waals surface area contributed by atoms with Gasteiger partial charge in [-0.05, 0) is 25.8 Å². The molecule has 68 valence electrons. The standard InChI is InChI=1S/C9H21NO/c1-4-8(5-2)9(3,11)6-7-10/h8,11H,4-7,10H2,1-3H3. The highest BCUT2D eigenvalue weighted by Gasteiger charge is 2.27. The van der Waals surface area contributed by atoms with E-state index in [0.29, 0.717) is 18.9 Å². The average Bonchev–Trinajstić information content (AvgIpc) is 1.89. The number of hydrogen-bond donors (Lipinski definition) is 2. The topological polar surface area (TPSA) is 46.2 Å². The molecule has 0 bridgehead atoms. The quantitative estimate of drug-likeness (QED) is 0.639. The van der Waals surface area contributed by atoms with Crippen molar-refractivity contribution in [2.24, 2.45) is 11.7 Å². The first-order valence-electron chi connectivity index (χ1n) is 4.50. The van der Waals surface area contributed by atoms with Crippen LogP contribution in [0.15, 0.2) is 0 Å². The molecule has 0 aromatic carbocycles.